The molecule has 0 bridgehead atoms. The van der Waals surface area contributed by atoms with Crippen LogP contribution < -0.4 is 0 Å². The van der Waals surface area contributed by atoms with E-state index in [4.69, 9.17) is 65.0 Å². The van der Waals surface area contributed by atoms with E-state index in [0.29, 0.717) is 5.02 Å². The third kappa shape index (κ3) is 8.25. The Balaban J connectivity index is 0. The summed E-state index contributed by atoms with van der Waals surface area (Å²) in [5.74, 6) is 0. The maximum atomic E-state index is 10.2. The molecule has 0 heterocycles. The standard InChI is InChI=1S/C7H2Cl3O.3ClH.Cr.H2N/c8-4-1-6(9)5(3-11)7(10)2-4;;;;;/h1-2H;3*1H;;1H2/q-1;;;;+3;-1/p-3. The molecule has 1 aromatic carbocycles. The molecule has 0 aliphatic rings. The first kappa shape index (κ1) is 19.5. The van der Waals surface area contributed by atoms with Crippen molar-refractivity contribution in [3.8, 4) is 0 Å². The fourth-order valence-electron chi connectivity index (χ4n) is 0.640. The zero-order chi connectivity index (χ0) is 12.0. The molecule has 0 amide bonds. The summed E-state index contributed by atoms with van der Waals surface area (Å²) in [6.45, 7) is 0. The average Bonchev–Trinajstić information content (AvgIpc) is 2.01. The van der Waals surface area contributed by atoms with Gasteiger partial charge in [-0.3, -0.25) is 0 Å². The molecule has 0 aliphatic carbocycles. The van der Waals surface area contributed by atoms with Gasteiger partial charge in [0.2, 0.25) is 0 Å². The van der Waals surface area contributed by atoms with Crippen molar-refractivity contribution in [1.29, 1.82) is 0 Å². The number of rotatable bonds is 1. The Morgan fingerprint density at radius 1 is 1.00 bits per heavy atom. The summed E-state index contributed by atoms with van der Waals surface area (Å²) >= 11 is 15.2. The first-order valence-electron chi connectivity index (χ1n) is 3.14. The van der Waals surface area contributed by atoms with Crippen LogP contribution in [0.1, 0.15) is 5.56 Å². The quantitative estimate of drug-likeness (QED) is 0.559. The SMILES string of the molecule is O=[C-]c1c(Cl)cc(Cl)cc1Cl.[Cl][Cr]([Cl])[Cl].[NH2-]. The fraction of sp³-hybridized carbons (Fsp3) is 0. The molecule has 2 nitrogen and oxygen atoms in total. The van der Waals surface area contributed by atoms with E-state index in [1.807, 2.05) is 0 Å². The minimum Gasteiger partial charge on any atom is -0.693 e. The Morgan fingerprint density at radius 3 is 1.56 bits per heavy atom. The summed E-state index contributed by atoms with van der Waals surface area (Å²) in [6.07, 6.45) is 1.62. The van der Waals surface area contributed by atoms with Crippen LogP contribution >= 0.6 is 65.0 Å². The predicted molar refractivity (Wildman–Crippen MR) is 69.1 cm³/mol. The summed E-state index contributed by atoms with van der Waals surface area (Å²) in [4.78, 5) is 10.2. The van der Waals surface area contributed by atoms with Gasteiger partial charge in [0.05, 0.1) is 6.29 Å². The molecule has 0 spiro atoms. The first-order chi connectivity index (χ1) is 6.88. The Bertz CT molecular complexity index is 322. The second-order valence-corrected chi connectivity index (χ2v) is 9.59. The van der Waals surface area contributed by atoms with Gasteiger partial charge in [0.25, 0.3) is 0 Å². The van der Waals surface area contributed by atoms with Gasteiger partial charge in [0.15, 0.2) is 0 Å². The summed E-state index contributed by atoms with van der Waals surface area (Å²) in [5.41, 5.74) is 0.151. The summed E-state index contributed by atoms with van der Waals surface area (Å²) in [7, 11) is 14.8. The van der Waals surface area contributed by atoms with E-state index in [9.17, 15) is 4.79 Å². The van der Waals surface area contributed by atoms with Crippen LogP contribution in [0, 0.1) is 0 Å². The molecule has 16 heavy (non-hydrogen) atoms. The molecule has 93 valence electrons. The number of nitrogens with two attached hydrogens (primary N) is 1. The molecular weight excluding hydrogens is 379 g/mol. The van der Waals surface area contributed by atoms with Gasteiger partial charge in [-0.25, -0.2) is 0 Å². The topological polar surface area (TPSA) is 50.6 Å². The van der Waals surface area contributed by atoms with Crippen molar-refractivity contribution in [1.82, 2.24) is 0 Å². The maximum Gasteiger partial charge on any atom is -0.693 e. The zero-order valence-electron chi connectivity index (χ0n) is 7.32. The van der Waals surface area contributed by atoms with E-state index in [1.165, 1.54) is 12.1 Å². The van der Waals surface area contributed by atoms with Crippen LogP contribution in [-0.2, 0) is 16.2 Å². The molecule has 0 radical (unpaired) electrons. The van der Waals surface area contributed by atoms with Gasteiger partial charge in [0.1, 0.15) is 0 Å². The van der Waals surface area contributed by atoms with Crippen LogP contribution in [0.2, 0.25) is 15.1 Å². The Morgan fingerprint density at radius 2 is 1.31 bits per heavy atom. The Kier molecular flexibility index (Phi) is 12.3. The molecule has 1 aromatic rings. The van der Waals surface area contributed by atoms with E-state index in [2.05, 4.69) is 0 Å². The van der Waals surface area contributed by atoms with E-state index in [-0.39, 0.29) is 21.8 Å². The smallest absolute Gasteiger partial charge is 0.693 e. The van der Waals surface area contributed by atoms with Crippen LogP contribution in [-0.4, -0.2) is 6.29 Å². The van der Waals surface area contributed by atoms with Crippen LogP contribution in [0.25, 0.3) is 6.15 Å². The van der Waals surface area contributed by atoms with Gasteiger partial charge in [-0.1, -0.05) is 33.8 Å². The van der Waals surface area contributed by atoms with E-state index in [1.54, 1.807) is 6.29 Å². The van der Waals surface area contributed by atoms with Crippen molar-refractivity contribution in [3.05, 3.63) is 38.9 Å². The van der Waals surface area contributed by atoms with Gasteiger partial charge in [0, 0.05) is 5.02 Å². The molecule has 0 saturated heterocycles. The molecule has 9 heteroatoms. The van der Waals surface area contributed by atoms with E-state index >= 15 is 0 Å². The van der Waals surface area contributed by atoms with Crippen molar-refractivity contribution < 1.29 is 16.2 Å². The number of hydrogen-bond donors (Lipinski definition) is 0. The number of hydrogen-bond acceptors (Lipinski definition) is 1. The van der Waals surface area contributed by atoms with Gasteiger partial charge >= 0.3 is 41.5 Å². The monoisotopic (exact) mass is 380 g/mol. The molecule has 0 saturated carbocycles. The first-order valence-corrected chi connectivity index (χ1v) is 9.54. The predicted octanol–water partition coefficient (Wildman–Crippen LogP) is 5.89. The molecule has 2 N–H and O–H groups in total. The number of benzene rings is 1. The number of carbonyl (C=O) groups excluding carboxylic acids is 1. The largest absolute Gasteiger partial charge is 0.693 e. The van der Waals surface area contributed by atoms with Gasteiger partial charge in [-0.15, -0.1) is 5.56 Å². The Labute approximate surface area is 125 Å². The normalized spacial score (nSPS) is 8.94. The fourth-order valence-corrected chi connectivity index (χ4v) is 1.53. The third-order valence-corrected chi connectivity index (χ3v) is 1.92. The average molecular weight is 383 g/mol. The van der Waals surface area contributed by atoms with Crippen molar-refractivity contribution in [2.45, 2.75) is 0 Å². The summed E-state index contributed by atoms with van der Waals surface area (Å²) < 4.78 is 0. The molecule has 0 aliphatic heterocycles. The van der Waals surface area contributed by atoms with Crippen LogP contribution in [0.3, 0.4) is 0 Å². The summed E-state index contributed by atoms with van der Waals surface area (Å²) in [6, 6.07) is 2.88. The van der Waals surface area contributed by atoms with Gasteiger partial charge in [-0.2, -0.15) is 23.2 Å². The van der Waals surface area contributed by atoms with Crippen molar-refractivity contribution >= 4 is 71.2 Å². The molecule has 0 unspecified atom stereocenters. The maximum absolute atomic E-state index is 10.2. The van der Waals surface area contributed by atoms with Crippen LogP contribution in [0.5, 0.6) is 0 Å². The zero-order valence-corrected chi connectivity index (χ0v) is 13.1. The molecule has 1 rings (SSSR count). The second kappa shape index (κ2) is 10.1. The van der Waals surface area contributed by atoms with Crippen molar-refractivity contribution in [2.24, 2.45) is 0 Å². The van der Waals surface area contributed by atoms with Crippen LogP contribution in [0.15, 0.2) is 12.1 Å². The Hall–Kier alpha value is 1.12. The van der Waals surface area contributed by atoms with E-state index < -0.39 is 11.4 Å². The summed E-state index contributed by atoms with van der Waals surface area (Å²) in [5, 5.41) is 0.842. The van der Waals surface area contributed by atoms with Crippen molar-refractivity contribution in [3.63, 3.8) is 0 Å². The molecule has 0 aromatic heterocycles. The minimum absolute atomic E-state index is 0. The molecule has 0 atom stereocenters. The van der Waals surface area contributed by atoms with Gasteiger partial charge in [-0.05, 0) is 0 Å². The number of halogens is 6. The molecular formula is C7H4Cl6CrNO-2. The van der Waals surface area contributed by atoms with Gasteiger partial charge < -0.3 is 10.9 Å². The second-order valence-electron chi connectivity index (χ2n) is 2.02. The van der Waals surface area contributed by atoms with Crippen LogP contribution in [0.4, 0.5) is 0 Å². The molecule has 0 fully saturated rings. The van der Waals surface area contributed by atoms with E-state index in [0.717, 1.165) is 0 Å². The van der Waals surface area contributed by atoms with Crippen molar-refractivity contribution in [2.75, 3.05) is 0 Å². The third-order valence-electron chi connectivity index (χ3n) is 1.11. The minimum atomic E-state index is -1.62.